The Morgan fingerprint density at radius 1 is 0.962 bits per heavy atom. The molecule has 1 amide bonds. The van der Waals surface area contributed by atoms with Gasteiger partial charge in [0.1, 0.15) is 0 Å². The van der Waals surface area contributed by atoms with E-state index in [1.54, 1.807) is 0 Å². The van der Waals surface area contributed by atoms with Crippen LogP contribution in [0.25, 0.3) is 0 Å². The number of ketones is 1. The number of carbonyl (C=O) groups is 2. The number of likely N-dealkylation sites (tertiary alicyclic amines) is 1. The molecule has 0 saturated carbocycles. The molecule has 0 N–H and O–H groups in total. The summed E-state index contributed by atoms with van der Waals surface area (Å²) in [5.41, 5.74) is 3.44. The monoisotopic (exact) mass is 357 g/mol. The molecule has 4 rings (SSSR count). The number of Topliss-reactive ketones (excluding diaryl/α,β-unsaturated/α-hetero) is 1. The average molecular weight is 357 g/mol. The van der Waals surface area contributed by atoms with Crippen molar-refractivity contribution in [1.82, 2.24) is 4.90 Å². The maximum Gasteiger partial charge on any atom is 0.223 e. The van der Waals surface area contributed by atoms with Crippen LogP contribution in [0.5, 0.6) is 0 Å². The molecule has 0 aromatic heterocycles. The van der Waals surface area contributed by atoms with Gasteiger partial charge in [0.05, 0.1) is 13.2 Å². The first-order valence-electron chi connectivity index (χ1n) is 9.86. The average Bonchev–Trinajstić information content (AvgIpc) is 3.14. The zero-order valence-corrected chi connectivity index (χ0v) is 15.3. The van der Waals surface area contributed by atoms with Crippen molar-refractivity contribution in [2.75, 3.05) is 26.3 Å². The van der Waals surface area contributed by atoms with E-state index in [4.69, 9.17) is 9.47 Å². The van der Waals surface area contributed by atoms with E-state index in [9.17, 15) is 9.59 Å². The molecule has 5 heteroatoms. The number of ether oxygens (including phenoxy) is 2. The zero-order chi connectivity index (χ0) is 18.0. The number of nitrogens with zero attached hydrogens (tertiary/aromatic N) is 1. The Bertz CT molecular complexity index is 683. The molecule has 1 aromatic carbocycles. The third-order valence-electron chi connectivity index (χ3n) is 5.93. The molecule has 26 heavy (non-hydrogen) atoms. The summed E-state index contributed by atoms with van der Waals surface area (Å²) in [4.78, 5) is 26.8. The highest BCUT2D eigenvalue weighted by atomic mass is 16.7. The van der Waals surface area contributed by atoms with Crippen molar-refractivity contribution >= 4 is 11.7 Å². The molecule has 3 aliphatic rings. The van der Waals surface area contributed by atoms with Gasteiger partial charge in [0, 0.05) is 44.3 Å². The first-order valence-corrected chi connectivity index (χ1v) is 9.86. The smallest absolute Gasteiger partial charge is 0.223 e. The number of benzene rings is 1. The largest absolute Gasteiger partial charge is 0.347 e. The van der Waals surface area contributed by atoms with E-state index in [1.165, 1.54) is 24.0 Å². The number of piperidine rings is 1. The fourth-order valence-electron chi connectivity index (χ4n) is 4.31. The minimum absolute atomic E-state index is 0.0594. The van der Waals surface area contributed by atoms with Gasteiger partial charge in [0.25, 0.3) is 0 Å². The number of aryl methyl sites for hydroxylation is 2. The lowest BCUT2D eigenvalue weighted by atomic mass is 9.89. The van der Waals surface area contributed by atoms with Crippen LogP contribution in [0.15, 0.2) is 18.2 Å². The van der Waals surface area contributed by atoms with E-state index >= 15 is 0 Å². The summed E-state index contributed by atoms with van der Waals surface area (Å²) in [6.45, 7) is 2.57. The van der Waals surface area contributed by atoms with Crippen LogP contribution in [0, 0.1) is 0 Å². The predicted octanol–water partition coefficient (Wildman–Crippen LogP) is 2.89. The van der Waals surface area contributed by atoms with Crippen molar-refractivity contribution < 1.29 is 19.1 Å². The van der Waals surface area contributed by atoms with E-state index < -0.39 is 5.79 Å². The van der Waals surface area contributed by atoms with Crippen LogP contribution >= 0.6 is 0 Å². The summed E-state index contributed by atoms with van der Waals surface area (Å²) in [5, 5.41) is 0. The topological polar surface area (TPSA) is 55.8 Å². The van der Waals surface area contributed by atoms with Gasteiger partial charge in [-0.1, -0.05) is 12.1 Å². The van der Waals surface area contributed by atoms with Crippen LogP contribution < -0.4 is 0 Å². The summed E-state index contributed by atoms with van der Waals surface area (Å²) in [7, 11) is 0. The molecule has 0 unspecified atom stereocenters. The van der Waals surface area contributed by atoms with Gasteiger partial charge >= 0.3 is 0 Å². The Hall–Kier alpha value is -1.72. The molecular weight excluding hydrogens is 330 g/mol. The molecule has 5 nitrogen and oxygen atoms in total. The summed E-state index contributed by atoms with van der Waals surface area (Å²) in [6.07, 6.45) is 6.63. The van der Waals surface area contributed by atoms with Crippen molar-refractivity contribution in [2.45, 2.75) is 57.2 Å². The maximum atomic E-state index is 12.5. The van der Waals surface area contributed by atoms with E-state index in [1.807, 2.05) is 17.0 Å². The van der Waals surface area contributed by atoms with Gasteiger partial charge in [0.15, 0.2) is 11.6 Å². The zero-order valence-electron chi connectivity index (χ0n) is 15.3. The fraction of sp³-hybridized carbons (Fsp3) is 0.619. The van der Waals surface area contributed by atoms with Gasteiger partial charge < -0.3 is 14.4 Å². The lowest BCUT2D eigenvalue weighted by molar-refractivity contribution is -0.187. The van der Waals surface area contributed by atoms with Crippen LogP contribution in [-0.2, 0) is 27.1 Å². The second-order valence-corrected chi connectivity index (χ2v) is 7.60. The van der Waals surface area contributed by atoms with Crippen molar-refractivity contribution in [2.24, 2.45) is 0 Å². The van der Waals surface area contributed by atoms with Gasteiger partial charge in [-0.3, -0.25) is 9.59 Å². The highest BCUT2D eigenvalue weighted by Gasteiger charge is 2.40. The minimum atomic E-state index is -0.463. The molecule has 2 aliphatic heterocycles. The van der Waals surface area contributed by atoms with Crippen LogP contribution in [0.4, 0.5) is 0 Å². The summed E-state index contributed by atoms with van der Waals surface area (Å²) in [5.74, 6) is -0.331. The standard InChI is InChI=1S/C21H27NO4/c23-19(18-6-5-16-3-1-2-4-17(16)15-18)7-8-20(24)22-11-9-21(10-12-22)25-13-14-26-21/h5-6,15H,1-4,7-14H2. The van der Waals surface area contributed by atoms with E-state index in [2.05, 4.69) is 6.07 Å². The SMILES string of the molecule is O=C(CCC(=O)N1CCC2(CC1)OCCO2)c1ccc2c(c1)CCCC2. The van der Waals surface area contributed by atoms with E-state index in [0.717, 1.165) is 31.2 Å². The van der Waals surface area contributed by atoms with Gasteiger partial charge in [-0.05, 0) is 42.9 Å². The third-order valence-corrected chi connectivity index (χ3v) is 5.93. The molecule has 1 spiro atoms. The Balaban J connectivity index is 1.28. The highest BCUT2D eigenvalue weighted by molar-refractivity contribution is 5.98. The number of amides is 1. The molecule has 2 fully saturated rings. The van der Waals surface area contributed by atoms with Crippen molar-refractivity contribution in [3.05, 3.63) is 34.9 Å². The molecule has 140 valence electrons. The fourth-order valence-corrected chi connectivity index (χ4v) is 4.31. The van der Waals surface area contributed by atoms with Crippen LogP contribution in [0.2, 0.25) is 0 Å². The lowest BCUT2D eigenvalue weighted by Crippen LogP contribution is -2.47. The molecule has 1 aromatic rings. The quantitative estimate of drug-likeness (QED) is 0.778. The van der Waals surface area contributed by atoms with Crippen molar-refractivity contribution in [3.63, 3.8) is 0 Å². The number of fused-ring (bicyclic) bond motifs is 1. The lowest BCUT2D eigenvalue weighted by Gasteiger charge is -2.37. The van der Waals surface area contributed by atoms with Crippen LogP contribution in [0.3, 0.4) is 0 Å². The Morgan fingerprint density at radius 2 is 1.65 bits per heavy atom. The molecule has 0 atom stereocenters. The van der Waals surface area contributed by atoms with Crippen molar-refractivity contribution in [1.29, 1.82) is 0 Å². The molecule has 1 aliphatic carbocycles. The Labute approximate surface area is 154 Å². The first kappa shape index (κ1) is 17.7. The molecular formula is C21H27NO4. The van der Waals surface area contributed by atoms with E-state index in [0.29, 0.717) is 26.3 Å². The predicted molar refractivity (Wildman–Crippen MR) is 97.1 cm³/mol. The minimum Gasteiger partial charge on any atom is -0.347 e. The number of carbonyl (C=O) groups excluding carboxylic acids is 2. The Kier molecular flexibility index (Phi) is 5.09. The van der Waals surface area contributed by atoms with Gasteiger partial charge in [-0.15, -0.1) is 0 Å². The second-order valence-electron chi connectivity index (χ2n) is 7.60. The second kappa shape index (κ2) is 7.49. The number of rotatable bonds is 4. The molecule has 2 saturated heterocycles. The summed E-state index contributed by atoms with van der Waals surface area (Å²) < 4.78 is 11.4. The maximum absolute atomic E-state index is 12.5. The summed E-state index contributed by atoms with van der Waals surface area (Å²) in [6, 6.07) is 6.06. The highest BCUT2D eigenvalue weighted by Crippen LogP contribution is 2.31. The molecule has 2 heterocycles. The first-order chi connectivity index (χ1) is 12.7. The Morgan fingerprint density at radius 3 is 2.38 bits per heavy atom. The van der Waals surface area contributed by atoms with Crippen LogP contribution in [0.1, 0.15) is 60.0 Å². The number of hydrogen-bond donors (Lipinski definition) is 0. The van der Waals surface area contributed by atoms with Crippen LogP contribution in [-0.4, -0.2) is 48.7 Å². The molecule has 0 radical (unpaired) electrons. The summed E-state index contributed by atoms with van der Waals surface area (Å²) >= 11 is 0. The molecule has 0 bridgehead atoms. The van der Waals surface area contributed by atoms with Crippen molar-refractivity contribution in [3.8, 4) is 0 Å². The number of hydrogen-bond acceptors (Lipinski definition) is 4. The normalized spacial score (nSPS) is 21.6. The van der Waals surface area contributed by atoms with Gasteiger partial charge in [-0.25, -0.2) is 0 Å². The van der Waals surface area contributed by atoms with Gasteiger partial charge in [0.2, 0.25) is 5.91 Å². The van der Waals surface area contributed by atoms with E-state index in [-0.39, 0.29) is 24.5 Å². The third kappa shape index (κ3) is 3.69. The van der Waals surface area contributed by atoms with Gasteiger partial charge in [-0.2, -0.15) is 0 Å².